The predicted octanol–water partition coefficient (Wildman–Crippen LogP) is -0.248. The molecule has 1 rings (SSSR count). The quantitative estimate of drug-likeness (QED) is 0.390. The van der Waals surface area contributed by atoms with Gasteiger partial charge < -0.3 is 10.2 Å². The zero-order chi connectivity index (χ0) is 7.61. The van der Waals surface area contributed by atoms with E-state index in [-0.39, 0.29) is 6.42 Å². The van der Waals surface area contributed by atoms with Crippen LogP contribution in [-0.4, -0.2) is 22.3 Å². The summed E-state index contributed by atoms with van der Waals surface area (Å²) in [5.74, 6) is -1.83. The van der Waals surface area contributed by atoms with E-state index < -0.39 is 5.79 Å². The highest BCUT2D eigenvalue weighted by molar-refractivity contribution is 5.74. The molecule has 0 saturated heterocycles. The molecule has 10 heavy (non-hydrogen) atoms. The van der Waals surface area contributed by atoms with Gasteiger partial charge in [-0.3, -0.25) is 4.79 Å². The van der Waals surface area contributed by atoms with Crippen molar-refractivity contribution in [2.45, 2.75) is 12.2 Å². The minimum Gasteiger partial charge on any atom is -0.362 e. The van der Waals surface area contributed by atoms with Crippen LogP contribution in [0.5, 0.6) is 0 Å². The molecule has 0 saturated carbocycles. The monoisotopic (exact) mass is 140 g/mol. The molecule has 54 valence electrons. The van der Waals surface area contributed by atoms with Crippen LogP contribution in [0.3, 0.4) is 0 Å². The number of hydrogen-bond donors (Lipinski definition) is 2. The number of aldehydes is 1. The lowest BCUT2D eigenvalue weighted by Crippen LogP contribution is -2.27. The average molecular weight is 140 g/mol. The SMILES string of the molecule is O=CC1=CC=CC(O)(O)C1. The van der Waals surface area contributed by atoms with Crippen LogP contribution in [0, 0.1) is 0 Å². The third kappa shape index (κ3) is 1.52. The molecule has 0 atom stereocenters. The Hall–Kier alpha value is -0.930. The molecule has 1 aliphatic rings. The van der Waals surface area contributed by atoms with Gasteiger partial charge in [0.25, 0.3) is 0 Å². The molecule has 0 aromatic heterocycles. The lowest BCUT2D eigenvalue weighted by Gasteiger charge is -2.19. The van der Waals surface area contributed by atoms with Gasteiger partial charge in [0.05, 0.1) is 0 Å². The first-order valence-corrected chi connectivity index (χ1v) is 2.92. The highest BCUT2D eigenvalue weighted by Gasteiger charge is 2.22. The van der Waals surface area contributed by atoms with Gasteiger partial charge >= 0.3 is 0 Å². The van der Waals surface area contributed by atoms with Crippen molar-refractivity contribution < 1.29 is 15.0 Å². The van der Waals surface area contributed by atoms with Crippen molar-refractivity contribution in [2.75, 3.05) is 0 Å². The van der Waals surface area contributed by atoms with Crippen LogP contribution in [0.4, 0.5) is 0 Å². The summed E-state index contributed by atoms with van der Waals surface area (Å²) in [6, 6.07) is 0. The molecular formula is C7H8O3. The van der Waals surface area contributed by atoms with Crippen LogP contribution in [0.25, 0.3) is 0 Å². The fourth-order valence-electron chi connectivity index (χ4n) is 0.825. The van der Waals surface area contributed by atoms with Gasteiger partial charge in [-0.1, -0.05) is 12.2 Å². The Labute approximate surface area is 58.3 Å². The normalized spacial score (nSPS) is 22.0. The van der Waals surface area contributed by atoms with Crippen molar-refractivity contribution in [1.82, 2.24) is 0 Å². The summed E-state index contributed by atoms with van der Waals surface area (Å²) in [4.78, 5) is 10.1. The van der Waals surface area contributed by atoms with Gasteiger partial charge in [0, 0.05) is 6.42 Å². The van der Waals surface area contributed by atoms with Crippen LogP contribution in [0.15, 0.2) is 23.8 Å². The first-order valence-electron chi connectivity index (χ1n) is 2.92. The topological polar surface area (TPSA) is 57.5 Å². The van der Waals surface area contributed by atoms with E-state index in [4.69, 9.17) is 10.2 Å². The van der Waals surface area contributed by atoms with Gasteiger partial charge in [-0.15, -0.1) is 0 Å². The number of aliphatic hydroxyl groups is 2. The second-order valence-electron chi connectivity index (χ2n) is 2.27. The summed E-state index contributed by atoms with van der Waals surface area (Å²) >= 11 is 0. The van der Waals surface area contributed by atoms with Crippen LogP contribution in [0.1, 0.15) is 6.42 Å². The molecule has 2 N–H and O–H groups in total. The second-order valence-corrected chi connectivity index (χ2v) is 2.27. The van der Waals surface area contributed by atoms with Crippen LogP contribution in [0.2, 0.25) is 0 Å². The third-order valence-electron chi connectivity index (χ3n) is 1.29. The molecular weight excluding hydrogens is 132 g/mol. The molecule has 0 spiro atoms. The van der Waals surface area contributed by atoms with E-state index in [0.717, 1.165) is 0 Å². The Kier molecular flexibility index (Phi) is 1.70. The van der Waals surface area contributed by atoms with Gasteiger partial charge in [0.2, 0.25) is 0 Å². The van der Waals surface area contributed by atoms with E-state index in [1.807, 2.05) is 0 Å². The van der Waals surface area contributed by atoms with Crippen molar-refractivity contribution in [3.63, 3.8) is 0 Å². The van der Waals surface area contributed by atoms with E-state index in [2.05, 4.69) is 0 Å². The van der Waals surface area contributed by atoms with Crippen LogP contribution < -0.4 is 0 Å². The van der Waals surface area contributed by atoms with E-state index in [1.165, 1.54) is 12.2 Å². The fourth-order valence-corrected chi connectivity index (χ4v) is 0.825. The van der Waals surface area contributed by atoms with E-state index in [9.17, 15) is 4.79 Å². The minimum absolute atomic E-state index is 0.0208. The summed E-state index contributed by atoms with van der Waals surface area (Å²) < 4.78 is 0. The van der Waals surface area contributed by atoms with Crippen LogP contribution >= 0.6 is 0 Å². The smallest absolute Gasteiger partial charge is 0.187 e. The van der Waals surface area contributed by atoms with Crippen molar-refractivity contribution in [1.29, 1.82) is 0 Å². The van der Waals surface area contributed by atoms with Gasteiger partial charge in [-0.25, -0.2) is 0 Å². The fraction of sp³-hybridized carbons (Fsp3) is 0.286. The molecule has 0 fully saturated rings. The summed E-state index contributed by atoms with van der Waals surface area (Å²) in [7, 11) is 0. The predicted molar refractivity (Wildman–Crippen MR) is 35.1 cm³/mol. The van der Waals surface area contributed by atoms with Crippen molar-refractivity contribution in [3.05, 3.63) is 23.8 Å². The lowest BCUT2D eigenvalue weighted by molar-refractivity contribution is -0.122. The van der Waals surface area contributed by atoms with E-state index in [0.29, 0.717) is 11.9 Å². The number of allylic oxidation sites excluding steroid dienone is 2. The molecule has 3 nitrogen and oxygen atoms in total. The van der Waals surface area contributed by atoms with Crippen molar-refractivity contribution in [2.24, 2.45) is 0 Å². The molecule has 1 aliphatic carbocycles. The Bertz CT molecular complexity index is 201. The molecule has 0 aromatic carbocycles. The summed E-state index contributed by atoms with van der Waals surface area (Å²) in [6.45, 7) is 0. The standard InChI is InChI=1S/C7H8O3/c8-5-6-2-1-3-7(9,10)4-6/h1-3,5,9-10H,4H2. The summed E-state index contributed by atoms with van der Waals surface area (Å²) in [5, 5.41) is 17.9. The highest BCUT2D eigenvalue weighted by atomic mass is 16.5. The average Bonchev–Trinajstić information content (AvgIpc) is 1.86. The molecule has 0 heterocycles. The van der Waals surface area contributed by atoms with Gasteiger partial charge in [-0.05, 0) is 11.6 Å². The first kappa shape index (κ1) is 7.18. The lowest BCUT2D eigenvalue weighted by atomic mass is 10.0. The molecule has 0 aromatic rings. The van der Waals surface area contributed by atoms with Crippen molar-refractivity contribution >= 4 is 6.29 Å². The molecule has 0 amide bonds. The molecule has 0 aliphatic heterocycles. The van der Waals surface area contributed by atoms with E-state index >= 15 is 0 Å². The third-order valence-corrected chi connectivity index (χ3v) is 1.29. The Balaban J connectivity index is 2.77. The number of carbonyl (C=O) groups excluding carboxylic acids is 1. The summed E-state index contributed by atoms with van der Waals surface area (Å²) in [6.07, 6.45) is 4.84. The Morgan fingerprint density at radius 2 is 2.30 bits per heavy atom. The maximum Gasteiger partial charge on any atom is 0.187 e. The maximum absolute atomic E-state index is 10.1. The molecule has 0 radical (unpaired) electrons. The van der Waals surface area contributed by atoms with Gasteiger partial charge in [-0.2, -0.15) is 0 Å². The number of rotatable bonds is 1. The summed E-state index contributed by atoms with van der Waals surface area (Å²) in [5.41, 5.74) is 0.396. The maximum atomic E-state index is 10.1. The molecule has 0 unspecified atom stereocenters. The molecule has 3 heteroatoms. The van der Waals surface area contributed by atoms with Crippen molar-refractivity contribution in [3.8, 4) is 0 Å². The number of hydrogen-bond acceptors (Lipinski definition) is 3. The Morgan fingerprint density at radius 1 is 1.60 bits per heavy atom. The second kappa shape index (κ2) is 2.36. The zero-order valence-electron chi connectivity index (χ0n) is 5.32. The Morgan fingerprint density at radius 3 is 2.70 bits per heavy atom. The van der Waals surface area contributed by atoms with E-state index in [1.54, 1.807) is 6.08 Å². The largest absolute Gasteiger partial charge is 0.362 e. The number of carbonyl (C=O) groups is 1. The zero-order valence-corrected chi connectivity index (χ0v) is 5.32. The first-order chi connectivity index (χ1) is 4.64. The molecule has 0 bridgehead atoms. The van der Waals surface area contributed by atoms with Gasteiger partial charge in [0.1, 0.15) is 6.29 Å². The minimum atomic E-state index is -1.83. The highest BCUT2D eigenvalue weighted by Crippen LogP contribution is 2.18. The van der Waals surface area contributed by atoms with Crippen LogP contribution in [-0.2, 0) is 4.79 Å². The van der Waals surface area contributed by atoms with Gasteiger partial charge in [0.15, 0.2) is 5.79 Å².